The third-order valence-electron chi connectivity index (χ3n) is 3.92. The first-order chi connectivity index (χ1) is 9.90. The molecule has 0 aromatic heterocycles. The lowest BCUT2D eigenvalue weighted by Gasteiger charge is -2.33. The second-order valence-electron chi connectivity index (χ2n) is 6.07. The minimum absolute atomic E-state index is 0.0198. The largest absolute Gasteiger partial charge is 0.477 e. The fraction of sp³-hybridized carbons (Fsp3) is 0.375. The lowest BCUT2D eigenvalue weighted by molar-refractivity contribution is -0.145. The minimum atomic E-state index is -1.01. The van der Waals surface area contributed by atoms with Crippen molar-refractivity contribution in [3.8, 4) is 0 Å². The number of benzene rings is 1. The number of β-lactam (4-membered cyclic amide) rings is 1. The first kappa shape index (κ1) is 14.2. The smallest absolute Gasteiger partial charge is 0.353 e. The van der Waals surface area contributed by atoms with Crippen molar-refractivity contribution in [3.63, 3.8) is 0 Å². The molecule has 1 aromatic rings. The van der Waals surface area contributed by atoms with Crippen molar-refractivity contribution < 1.29 is 14.7 Å². The Morgan fingerprint density at radius 3 is 2.62 bits per heavy atom. The Balaban J connectivity index is 1.94. The summed E-state index contributed by atoms with van der Waals surface area (Å²) in [6, 6.07) is 10.0. The zero-order chi connectivity index (χ0) is 15.2. The van der Waals surface area contributed by atoms with Crippen molar-refractivity contribution in [2.24, 2.45) is 5.41 Å². The van der Waals surface area contributed by atoms with Gasteiger partial charge in [0.15, 0.2) is 0 Å². The van der Waals surface area contributed by atoms with Gasteiger partial charge in [0, 0.05) is 10.3 Å². The van der Waals surface area contributed by atoms with Crippen LogP contribution in [0.15, 0.2) is 40.9 Å². The molecular formula is C16H17NO3S. The predicted molar refractivity (Wildman–Crippen MR) is 81.4 cm³/mol. The van der Waals surface area contributed by atoms with E-state index in [1.54, 1.807) is 0 Å². The summed E-state index contributed by atoms with van der Waals surface area (Å²) in [7, 11) is 0. The van der Waals surface area contributed by atoms with Gasteiger partial charge in [-0.05, 0) is 12.0 Å². The summed E-state index contributed by atoms with van der Waals surface area (Å²) in [5.74, 6) is -1.09. The Labute approximate surface area is 127 Å². The molecule has 3 rings (SSSR count). The molecule has 2 aliphatic heterocycles. The Kier molecular flexibility index (Phi) is 3.32. The van der Waals surface area contributed by atoms with Crippen molar-refractivity contribution >= 4 is 23.6 Å². The van der Waals surface area contributed by atoms with Crippen LogP contribution in [0.1, 0.15) is 25.8 Å². The van der Waals surface area contributed by atoms with Gasteiger partial charge in [-0.3, -0.25) is 9.69 Å². The Morgan fingerprint density at radius 1 is 1.38 bits per heavy atom. The fourth-order valence-corrected chi connectivity index (χ4v) is 4.43. The van der Waals surface area contributed by atoms with Gasteiger partial charge in [0.25, 0.3) is 0 Å². The molecule has 0 radical (unpaired) electrons. The number of amides is 1. The van der Waals surface area contributed by atoms with Crippen molar-refractivity contribution in [3.05, 3.63) is 46.5 Å². The van der Waals surface area contributed by atoms with Crippen LogP contribution in [0.25, 0.3) is 0 Å². The first-order valence-corrected chi connectivity index (χ1v) is 7.79. The number of hydrogen-bond donors (Lipinski definition) is 1. The normalized spacial score (nSPS) is 21.3. The number of hydrogen-bond acceptors (Lipinski definition) is 3. The van der Waals surface area contributed by atoms with Gasteiger partial charge in [-0.2, -0.15) is 0 Å². The molecule has 0 bridgehead atoms. The number of carbonyl (C=O) groups excluding carboxylic acids is 1. The van der Waals surface area contributed by atoms with Gasteiger partial charge in [0.05, 0.1) is 11.8 Å². The van der Waals surface area contributed by atoms with Crippen LogP contribution >= 0.6 is 11.8 Å². The third-order valence-corrected chi connectivity index (χ3v) is 5.55. The molecule has 4 nitrogen and oxygen atoms in total. The van der Waals surface area contributed by atoms with Crippen LogP contribution in [0.2, 0.25) is 0 Å². The standard InChI is InChI=1S/C16H17NO3S/c1-16(2,9-10-6-4-3-5-7-10)14-13(15(19)20)17-11(18)8-12(17)21-14/h3-7,12H,8-9H2,1-2H3,(H,19,20)/t12-/m1/s1. The zero-order valence-electron chi connectivity index (χ0n) is 12.0. The molecule has 1 saturated heterocycles. The second-order valence-corrected chi connectivity index (χ2v) is 7.26. The maximum Gasteiger partial charge on any atom is 0.353 e. The number of carbonyl (C=O) groups is 2. The van der Waals surface area contributed by atoms with Gasteiger partial charge >= 0.3 is 5.97 Å². The number of fused-ring (bicyclic) bond motifs is 1. The van der Waals surface area contributed by atoms with Crippen molar-refractivity contribution in [1.29, 1.82) is 0 Å². The number of aliphatic carboxylic acids is 1. The van der Waals surface area contributed by atoms with Crippen molar-refractivity contribution in [2.45, 2.75) is 32.1 Å². The van der Waals surface area contributed by atoms with Gasteiger partial charge in [-0.15, -0.1) is 11.8 Å². The summed E-state index contributed by atoms with van der Waals surface area (Å²) in [6.45, 7) is 4.09. The third kappa shape index (κ3) is 2.35. The Hall–Kier alpha value is -1.75. The number of nitrogens with zero attached hydrogens (tertiary/aromatic N) is 1. The van der Waals surface area contributed by atoms with E-state index in [1.807, 2.05) is 44.2 Å². The maximum absolute atomic E-state index is 11.7. The average molecular weight is 303 g/mol. The highest BCUT2D eigenvalue weighted by molar-refractivity contribution is 8.04. The lowest BCUT2D eigenvalue weighted by Crippen LogP contribution is -2.48. The van der Waals surface area contributed by atoms with E-state index in [9.17, 15) is 14.7 Å². The Bertz CT molecular complexity index is 636. The van der Waals surface area contributed by atoms with E-state index in [1.165, 1.54) is 22.2 Å². The molecule has 21 heavy (non-hydrogen) atoms. The summed E-state index contributed by atoms with van der Waals surface area (Å²) < 4.78 is 0. The predicted octanol–water partition coefficient (Wildman–Crippen LogP) is 2.86. The van der Waals surface area contributed by atoms with Crippen LogP contribution in [-0.2, 0) is 16.0 Å². The molecule has 1 N–H and O–H groups in total. The van der Waals surface area contributed by atoms with E-state index in [0.29, 0.717) is 6.42 Å². The van der Waals surface area contributed by atoms with Crippen LogP contribution in [-0.4, -0.2) is 27.3 Å². The molecular weight excluding hydrogens is 286 g/mol. The molecule has 110 valence electrons. The molecule has 0 spiro atoms. The molecule has 1 atom stereocenters. The Morgan fingerprint density at radius 2 is 2.05 bits per heavy atom. The van der Waals surface area contributed by atoms with Crippen LogP contribution in [0, 0.1) is 5.41 Å². The molecule has 0 saturated carbocycles. The van der Waals surface area contributed by atoms with Gasteiger partial charge in [0.2, 0.25) is 5.91 Å². The van der Waals surface area contributed by atoms with Crippen LogP contribution in [0.5, 0.6) is 0 Å². The molecule has 2 aliphatic rings. The highest BCUT2D eigenvalue weighted by atomic mass is 32.2. The van der Waals surface area contributed by atoms with Gasteiger partial charge in [0.1, 0.15) is 5.70 Å². The topological polar surface area (TPSA) is 57.6 Å². The number of carboxylic acid groups (broad SMARTS) is 1. The maximum atomic E-state index is 11.7. The van der Waals surface area contributed by atoms with E-state index in [2.05, 4.69) is 0 Å². The van der Waals surface area contributed by atoms with Crippen LogP contribution in [0.3, 0.4) is 0 Å². The summed E-state index contributed by atoms with van der Waals surface area (Å²) >= 11 is 1.53. The number of thioether (sulfide) groups is 1. The number of allylic oxidation sites excluding steroid dienone is 1. The van der Waals surface area contributed by atoms with Gasteiger partial charge < -0.3 is 5.11 Å². The van der Waals surface area contributed by atoms with Gasteiger partial charge in [-0.25, -0.2) is 4.79 Å². The summed E-state index contributed by atoms with van der Waals surface area (Å²) in [4.78, 5) is 25.5. The molecule has 2 heterocycles. The highest BCUT2D eigenvalue weighted by Gasteiger charge is 2.51. The van der Waals surface area contributed by atoms with Crippen molar-refractivity contribution in [1.82, 2.24) is 4.90 Å². The molecule has 0 unspecified atom stereocenters. The summed E-state index contributed by atoms with van der Waals surface area (Å²) in [5, 5.41) is 9.47. The van der Waals surface area contributed by atoms with E-state index in [4.69, 9.17) is 0 Å². The molecule has 0 aliphatic carbocycles. The van der Waals surface area contributed by atoms with Crippen LogP contribution < -0.4 is 0 Å². The lowest BCUT2D eigenvalue weighted by atomic mass is 9.84. The van der Waals surface area contributed by atoms with Crippen LogP contribution in [0.4, 0.5) is 0 Å². The minimum Gasteiger partial charge on any atom is -0.477 e. The summed E-state index contributed by atoms with van der Waals surface area (Å²) in [5.41, 5.74) is 1.04. The molecule has 1 amide bonds. The average Bonchev–Trinajstić information content (AvgIpc) is 2.73. The number of rotatable bonds is 4. The van der Waals surface area contributed by atoms with E-state index >= 15 is 0 Å². The monoisotopic (exact) mass is 303 g/mol. The van der Waals surface area contributed by atoms with E-state index in [0.717, 1.165) is 11.3 Å². The van der Waals surface area contributed by atoms with Gasteiger partial charge in [-0.1, -0.05) is 44.2 Å². The number of carboxylic acids is 1. The molecule has 1 fully saturated rings. The van der Waals surface area contributed by atoms with E-state index < -0.39 is 5.97 Å². The quantitative estimate of drug-likeness (QED) is 0.869. The second kappa shape index (κ2) is 4.91. The van der Waals surface area contributed by atoms with E-state index in [-0.39, 0.29) is 22.4 Å². The molecule has 5 heteroatoms. The fourth-order valence-electron chi connectivity index (χ4n) is 2.92. The summed E-state index contributed by atoms with van der Waals surface area (Å²) in [6.07, 6.45) is 1.19. The molecule has 1 aromatic carbocycles. The first-order valence-electron chi connectivity index (χ1n) is 6.91. The zero-order valence-corrected chi connectivity index (χ0v) is 12.8. The van der Waals surface area contributed by atoms with Crippen molar-refractivity contribution in [2.75, 3.05) is 0 Å². The SMILES string of the molecule is CC(C)(Cc1ccccc1)C1=C(C(=O)O)N2C(=O)C[C@H]2S1. The highest BCUT2D eigenvalue weighted by Crippen LogP contribution is 2.53.